The molecule has 20 heavy (non-hydrogen) atoms. The van der Waals surface area contributed by atoms with Gasteiger partial charge in [-0.05, 0) is 26.7 Å². The van der Waals surface area contributed by atoms with Crippen molar-refractivity contribution in [1.29, 1.82) is 0 Å². The zero-order valence-electron chi connectivity index (χ0n) is 11.6. The Kier molecular flexibility index (Phi) is 4.77. The second-order valence-electron chi connectivity index (χ2n) is 4.86. The molecule has 1 fully saturated rings. The van der Waals surface area contributed by atoms with E-state index in [1.54, 1.807) is 13.1 Å². The van der Waals surface area contributed by atoms with Crippen molar-refractivity contribution in [2.24, 2.45) is 5.92 Å². The SMILES string of the molecule is CCS(=O)(=O)N1CCCC(C(=O)Nc2ncc(C)s2)C1. The highest BCUT2D eigenvalue weighted by atomic mass is 32.2. The number of amides is 1. The molecule has 1 unspecified atom stereocenters. The van der Waals surface area contributed by atoms with Crippen LogP contribution in [0.1, 0.15) is 24.6 Å². The maximum Gasteiger partial charge on any atom is 0.230 e. The average Bonchev–Trinajstić information content (AvgIpc) is 2.84. The number of carbonyl (C=O) groups excluding carboxylic acids is 1. The molecule has 1 N–H and O–H groups in total. The third kappa shape index (κ3) is 3.56. The van der Waals surface area contributed by atoms with Crippen molar-refractivity contribution in [3.8, 4) is 0 Å². The molecule has 6 nitrogen and oxygen atoms in total. The van der Waals surface area contributed by atoms with Gasteiger partial charge in [0, 0.05) is 24.2 Å². The molecule has 0 spiro atoms. The average molecular weight is 317 g/mol. The smallest absolute Gasteiger partial charge is 0.230 e. The van der Waals surface area contributed by atoms with Gasteiger partial charge in [-0.15, -0.1) is 11.3 Å². The Hall–Kier alpha value is -0.990. The van der Waals surface area contributed by atoms with E-state index in [2.05, 4.69) is 10.3 Å². The monoisotopic (exact) mass is 317 g/mol. The zero-order valence-corrected chi connectivity index (χ0v) is 13.3. The van der Waals surface area contributed by atoms with Crippen molar-refractivity contribution >= 4 is 32.4 Å². The molecule has 8 heteroatoms. The summed E-state index contributed by atoms with van der Waals surface area (Å²) in [5.74, 6) is -0.364. The number of rotatable bonds is 4. The number of thiazole rings is 1. The molecule has 1 atom stereocenters. The van der Waals surface area contributed by atoms with Gasteiger partial charge in [-0.2, -0.15) is 0 Å². The van der Waals surface area contributed by atoms with Crippen LogP contribution < -0.4 is 5.32 Å². The number of aryl methyl sites for hydroxylation is 1. The second-order valence-corrected chi connectivity index (χ2v) is 8.36. The van der Waals surface area contributed by atoms with Crippen molar-refractivity contribution < 1.29 is 13.2 Å². The van der Waals surface area contributed by atoms with E-state index in [0.717, 1.165) is 4.88 Å². The van der Waals surface area contributed by atoms with Crippen LogP contribution in [0.5, 0.6) is 0 Å². The van der Waals surface area contributed by atoms with Crippen LogP contribution in [0.15, 0.2) is 6.20 Å². The summed E-state index contributed by atoms with van der Waals surface area (Å²) in [6, 6.07) is 0. The first-order valence-corrected chi connectivity index (χ1v) is 9.06. The molecule has 1 saturated heterocycles. The highest BCUT2D eigenvalue weighted by Crippen LogP contribution is 2.22. The number of hydrogen-bond acceptors (Lipinski definition) is 5. The van der Waals surface area contributed by atoms with E-state index in [1.807, 2.05) is 6.92 Å². The van der Waals surface area contributed by atoms with Crippen molar-refractivity contribution in [3.05, 3.63) is 11.1 Å². The normalized spacial score (nSPS) is 20.8. The Morgan fingerprint density at radius 3 is 2.95 bits per heavy atom. The molecule has 0 radical (unpaired) electrons. The number of sulfonamides is 1. The van der Waals surface area contributed by atoms with Crippen LogP contribution in [-0.4, -0.2) is 42.5 Å². The number of carbonyl (C=O) groups is 1. The van der Waals surface area contributed by atoms with E-state index in [1.165, 1.54) is 15.6 Å². The van der Waals surface area contributed by atoms with Crippen molar-refractivity contribution in [3.63, 3.8) is 0 Å². The first-order chi connectivity index (χ1) is 9.42. The number of anilines is 1. The van der Waals surface area contributed by atoms with E-state index in [9.17, 15) is 13.2 Å². The topological polar surface area (TPSA) is 79.4 Å². The molecule has 112 valence electrons. The Balaban J connectivity index is 2.00. The summed E-state index contributed by atoms with van der Waals surface area (Å²) >= 11 is 1.42. The van der Waals surface area contributed by atoms with Gasteiger partial charge >= 0.3 is 0 Å². The second kappa shape index (κ2) is 6.19. The Morgan fingerprint density at radius 2 is 2.35 bits per heavy atom. The first-order valence-electron chi connectivity index (χ1n) is 6.63. The van der Waals surface area contributed by atoms with E-state index in [0.29, 0.717) is 24.5 Å². The van der Waals surface area contributed by atoms with E-state index in [4.69, 9.17) is 0 Å². The fourth-order valence-electron chi connectivity index (χ4n) is 2.21. The number of hydrogen-bond donors (Lipinski definition) is 1. The fourth-order valence-corrected chi connectivity index (χ4v) is 4.06. The molecule has 1 amide bonds. The summed E-state index contributed by atoms with van der Waals surface area (Å²) < 4.78 is 25.2. The van der Waals surface area contributed by atoms with E-state index in [-0.39, 0.29) is 24.1 Å². The lowest BCUT2D eigenvalue weighted by molar-refractivity contribution is -0.120. The van der Waals surface area contributed by atoms with Gasteiger partial charge in [-0.1, -0.05) is 0 Å². The maximum absolute atomic E-state index is 12.2. The molecule has 1 aromatic rings. The fraction of sp³-hybridized carbons (Fsp3) is 0.667. The van der Waals surface area contributed by atoms with Crippen molar-refractivity contribution in [2.75, 3.05) is 24.2 Å². The highest BCUT2D eigenvalue weighted by molar-refractivity contribution is 7.89. The Bertz CT molecular complexity index is 583. The van der Waals surface area contributed by atoms with Crippen LogP contribution in [-0.2, 0) is 14.8 Å². The summed E-state index contributed by atoms with van der Waals surface area (Å²) in [5, 5.41) is 3.34. The van der Waals surface area contributed by atoms with Crippen LogP contribution in [0.3, 0.4) is 0 Å². The van der Waals surface area contributed by atoms with Gasteiger partial charge in [-0.25, -0.2) is 17.7 Å². The van der Waals surface area contributed by atoms with Crippen LogP contribution in [0.2, 0.25) is 0 Å². The summed E-state index contributed by atoms with van der Waals surface area (Å²) in [4.78, 5) is 17.3. The van der Waals surface area contributed by atoms with Crippen molar-refractivity contribution in [1.82, 2.24) is 9.29 Å². The summed E-state index contributed by atoms with van der Waals surface area (Å²) in [7, 11) is -3.22. The van der Waals surface area contributed by atoms with Gasteiger partial charge < -0.3 is 5.32 Å². The van der Waals surface area contributed by atoms with Gasteiger partial charge in [0.25, 0.3) is 0 Å². The predicted octanol–water partition coefficient (Wildman–Crippen LogP) is 1.45. The predicted molar refractivity (Wildman–Crippen MR) is 79.2 cm³/mol. The van der Waals surface area contributed by atoms with E-state index >= 15 is 0 Å². The lowest BCUT2D eigenvalue weighted by Crippen LogP contribution is -2.44. The van der Waals surface area contributed by atoms with E-state index < -0.39 is 10.0 Å². The maximum atomic E-state index is 12.2. The molecule has 2 rings (SSSR count). The third-order valence-electron chi connectivity index (χ3n) is 3.36. The first kappa shape index (κ1) is 15.4. The van der Waals surface area contributed by atoms with Crippen LogP contribution >= 0.6 is 11.3 Å². The molecule has 0 bridgehead atoms. The molecular weight excluding hydrogens is 298 g/mol. The summed E-state index contributed by atoms with van der Waals surface area (Å²) in [5.41, 5.74) is 0. The quantitative estimate of drug-likeness (QED) is 0.911. The minimum absolute atomic E-state index is 0.0764. The number of nitrogens with one attached hydrogen (secondary N) is 1. The van der Waals surface area contributed by atoms with Crippen LogP contribution in [0, 0.1) is 12.8 Å². The number of piperidine rings is 1. The molecular formula is C12H19N3O3S2. The van der Waals surface area contributed by atoms with Gasteiger partial charge in [0.2, 0.25) is 15.9 Å². The zero-order chi connectivity index (χ0) is 14.8. The molecule has 2 heterocycles. The molecule has 1 aliphatic heterocycles. The number of aromatic nitrogens is 1. The van der Waals surface area contributed by atoms with Crippen LogP contribution in [0.4, 0.5) is 5.13 Å². The van der Waals surface area contributed by atoms with Crippen molar-refractivity contribution in [2.45, 2.75) is 26.7 Å². The summed E-state index contributed by atoms with van der Waals surface area (Å²) in [6.07, 6.45) is 3.13. The van der Waals surface area contributed by atoms with Crippen LogP contribution in [0.25, 0.3) is 0 Å². The van der Waals surface area contributed by atoms with Gasteiger partial charge in [0.1, 0.15) is 0 Å². The largest absolute Gasteiger partial charge is 0.302 e. The highest BCUT2D eigenvalue weighted by Gasteiger charge is 2.31. The molecule has 0 saturated carbocycles. The van der Waals surface area contributed by atoms with Gasteiger partial charge in [-0.3, -0.25) is 4.79 Å². The lowest BCUT2D eigenvalue weighted by Gasteiger charge is -2.30. The lowest BCUT2D eigenvalue weighted by atomic mass is 9.99. The minimum Gasteiger partial charge on any atom is -0.302 e. The third-order valence-corrected chi connectivity index (χ3v) is 6.04. The minimum atomic E-state index is -3.22. The molecule has 0 aromatic carbocycles. The summed E-state index contributed by atoms with van der Waals surface area (Å²) in [6.45, 7) is 4.32. The Labute approximate surface area is 123 Å². The molecule has 1 aliphatic rings. The molecule has 1 aromatic heterocycles. The Morgan fingerprint density at radius 1 is 1.60 bits per heavy atom. The number of nitrogens with zero attached hydrogens (tertiary/aromatic N) is 2. The molecule has 0 aliphatic carbocycles. The van der Waals surface area contributed by atoms with Gasteiger partial charge in [0.15, 0.2) is 5.13 Å². The van der Waals surface area contributed by atoms with Gasteiger partial charge in [0.05, 0.1) is 11.7 Å². The standard InChI is InChI=1S/C12H19N3O3S2/c1-3-20(17,18)15-6-4-5-10(8-15)11(16)14-12-13-7-9(2)19-12/h7,10H,3-6,8H2,1-2H3,(H,13,14,16).